The number of nitrogen functional groups attached to an aromatic ring is 1. The summed E-state index contributed by atoms with van der Waals surface area (Å²) in [6, 6.07) is 0. The maximum atomic E-state index is 5.73. The molecule has 0 radical (unpaired) electrons. The Kier molecular flexibility index (Phi) is 5.61. The summed E-state index contributed by atoms with van der Waals surface area (Å²) in [6.07, 6.45) is 7.07. The molecule has 0 atom stereocenters. The van der Waals surface area contributed by atoms with Crippen LogP contribution in [0.15, 0.2) is 24.8 Å². The van der Waals surface area contributed by atoms with Gasteiger partial charge < -0.3 is 21.1 Å². The Balaban J connectivity index is 1.78. The number of hydrogen-bond acceptors (Lipinski definition) is 7. The summed E-state index contributed by atoms with van der Waals surface area (Å²) in [4.78, 5) is 14.4. The van der Waals surface area contributed by atoms with Gasteiger partial charge >= 0.3 is 0 Å². The summed E-state index contributed by atoms with van der Waals surface area (Å²) >= 11 is 0. The van der Waals surface area contributed by atoms with Crippen molar-refractivity contribution < 1.29 is 4.74 Å². The molecule has 4 N–H and O–H groups in total. The predicted molar refractivity (Wildman–Crippen MR) is 81.4 cm³/mol. The maximum Gasteiger partial charge on any atom is 0.167 e. The largest absolute Gasteiger partial charge is 0.382 e. The third-order valence-corrected chi connectivity index (χ3v) is 3.00. The molecule has 2 heterocycles. The third-order valence-electron chi connectivity index (χ3n) is 3.00. The van der Waals surface area contributed by atoms with Crippen LogP contribution in [0.2, 0.25) is 0 Å². The van der Waals surface area contributed by atoms with E-state index in [0.29, 0.717) is 36.9 Å². The van der Waals surface area contributed by atoms with Gasteiger partial charge in [0.15, 0.2) is 11.5 Å². The molecule has 8 heteroatoms. The van der Waals surface area contributed by atoms with Gasteiger partial charge in [0.1, 0.15) is 18.6 Å². The van der Waals surface area contributed by atoms with Crippen LogP contribution in [0.1, 0.15) is 0 Å². The van der Waals surface area contributed by atoms with E-state index < -0.39 is 0 Å². The molecule has 2 aromatic rings. The molecule has 0 amide bonds. The van der Waals surface area contributed by atoms with Crippen molar-refractivity contribution in [2.75, 3.05) is 39.0 Å². The van der Waals surface area contributed by atoms with Gasteiger partial charge in [-0.05, 0) is 7.05 Å². The van der Waals surface area contributed by atoms with Crippen LogP contribution in [0.4, 0.5) is 5.82 Å². The fourth-order valence-electron chi connectivity index (χ4n) is 1.82. The average molecular weight is 291 g/mol. The van der Waals surface area contributed by atoms with Crippen LogP contribution in [0.5, 0.6) is 0 Å². The molecule has 8 nitrogen and oxygen atoms in total. The summed E-state index contributed by atoms with van der Waals surface area (Å²) in [7, 11) is 2.03. The van der Waals surface area contributed by atoms with Crippen molar-refractivity contribution in [1.82, 2.24) is 24.4 Å². The first kappa shape index (κ1) is 15.4. The molecular weight excluding hydrogens is 270 g/mol. The highest BCUT2D eigenvalue weighted by Gasteiger charge is 2.07. The molecule has 0 saturated heterocycles. The highest BCUT2D eigenvalue weighted by Crippen LogP contribution is 2.13. The fourth-order valence-corrected chi connectivity index (χ4v) is 1.82. The lowest BCUT2D eigenvalue weighted by Gasteiger charge is -2.14. The van der Waals surface area contributed by atoms with Crippen LogP contribution < -0.4 is 11.5 Å². The number of nitrogens with two attached hydrogens (primary N) is 2. The van der Waals surface area contributed by atoms with E-state index in [1.807, 2.05) is 23.8 Å². The van der Waals surface area contributed by atoms with E-state index in [1.165, 1.54) is 6.33 Å². The van der Waals surface area contributed by atoms with Crippen molar-refractivity contribution in [1.29, 1.82) is 0 Å². The van der Waals surface area contributed by atoms with Crippen LogP contribution in [-0.4, -0.2) is 57.7 Å². The van der Waals surface area contributed by atoms with E-state index in [0.717, 1.165) is 13.1 Å². The third kappa shape index (κ3) is 4.22. The van der Waals surface area contributed by atoms with Gasteiger partial charge in [0.05, 0.1) is 12.9 Å². The van der Waals surface area contributed by atoms with E-state index >= 15 is 0 Å². The number of imidazole rings is 1. The second kappa shape index (κ2) is 7.67. The van der Waals surface area contributed by atoms with Crippen molar-refractivity contribution in [3.8, 4) is 0 Å². The smallest absolute Gasteiger partial charge is 0.167 e. The SMILES string of the molecule is CN(C/C=C\CN)CCOCn1cnc2c(N)ncnc21. The first-order chi connectivity index (χ1) is 10.2. The number of rotatable bonds is 8. The Morgan fingerprint density at radius 2 is 2.19 bits per heavy atom. The van der Waals surface area contributed by atoms with E-state index in [2.05, 4.69) is 19.9 Å². The number of ether oxygens (including phenoxy) is 1. The summed E-state index contributed by atoms with van der Waals surface area (Å²) in [5, 5.41) is 0. The van der Waals surface area contributed by atoms with E-state index in [1.54, 1.807) is 6.33 Å². The van der Waals surface area contributed by atoms with Gasteiger partial charge in [-0.1, -0.05) is 12.2 Å². The van der Waals surface area contributed by atoms with E-state index in [4.69, 9.17) is 16.2 Å². The summed E-state index contributed by atoms with van der Waals surface area (Å²) in [6.45, 7) is 3.27. The fraction of sp³-hybridized carbons (Fsp3) is 0.462. The van der Waals surface area contributed by atoms with Crippen LogP contribution >= 0.6 is 0 Å². The molecule has 0 saturated carbocycles. The van der Waals surface area contributed by atoms with Crippen LogP contribution in [0.3, 0.4) is 0 Å². The Hall–Kier alpha value is -2.03. The Labute approximate surface area is 123 Å². The first-order valence-corrected chi connectivity index (χ1v) is 6.75. The minimum Gasteiger partial charge on any atom is -0.382 e. The zero-order valence-corrected chi connectivity index (χ0v) is 12.1. The lowest BCUT2D eigenvalue weighted by Crippen LogP contribution is -2.23. The Bertz CT molecular complexity index is 595. The van der Waals surface area contributed by atoms with Crippen molar-refractivity contribution in [2.24, 2.45) is 5.73 Å². The summed E-state index contributed by atoms with van der Waals surface area (Å²) < 4.78 is 7.44. The monoisotopic (exact) mass is 291 g/mol. The molecule has 0 fully saturated rings. The molecule has 2 rings (SSSR count). The Morgan fingerprint density at radius 1 is 1.33 bits per heavy atom. The molecule has 114 valence electrons. The maximum absolute atomic E-state index is 5.73. The normalized spacial score (nSPS) is 12.0. The van der Waals surface area contributed by atoms with Crippen LogP contribution in [0.25, 0.3) is 11.2 Å². The van der Waals surface area contributed by atoms with Gasteiger partial charge in [0.2, 0.25) is 0 Å². The number of likely N-dealkylation sites (N-methyl/N-ethyl adjacent to an activating group) is 1. The number of nitrogens with zero attached hydrogens (tertiary/aromatic N) is 5. The zero-order chi connectivity index (χ0) is 15.1. The predicted octanol–water partition coefficient (Wildman–Crippen LogP) is -0.171. The van der Waals surface area contributed by atoms with Gasteiger partial charge in [-0.3, -0.25) is 4.57 Å². The molecule has 0 spiro atoms. The highest BCUT2D eigenvalue weighted by molar-refractivity contribution is 5.80. The van der Waals surface area contributed by atoms with Gasteiger partial charge in [0, 0.05) is 19.6 Å². The first-order valence-electron chi connectivity index (χ1n) is 6.75. The van der Waals surface area contributed by atoms with Crippen molar-refractivity contribution >= 4 is 17.0 Å². The second-order valence-corrected chi connectivity index (χ2v) is 4.65. The molecule has 0 aliphatic rings. The van der Waals surface area contributed by atoms with Crippen molar-refractivity contribution in [2.45, 2.75) is 6.73 Å². The molecular formula is C13H21N7O. The number of fused-ring (bicyclic) bond motifs is 1. The van der Waals surface area contributed by atoms with Crippen LogP contribution in [0, 0.1) is 0 Å². The van der Waals surface area contributed by atoms with Crippen molar-refractivity contribution in [3.05, 3.63) is 24.8 Å². The van der Waals surface area contributed by atoms with Gasteiger partial charge in [-0.25, -0.2) is 15.0 Å². The van der Waals surface area contributed by atoms with Gasteiger partial charge in [-0.2, -0.15) is 0 Å². The molecule has 0 bridgehead atoms. The molecule has 0 aliphatic carbocycles. The number of hydrogen-bond donors (Lipinski definition) is 2. The number of aromatic nitrogens is 4. The van der Waals surface area contributed by atoms with Gasteiger partial charge in [-0.15, -0.1) is 0 Å². The quantitative estimate of drug-likeness (QED) is 0.513. The number of anilines is 1. The molecule has 0 aromatic carbocycles. The molecule has 0 aliphatic heterocycles. The standard InChI is InChI=1S/C13H21N7O/c1-19(5-3-2-4-14)6-7-21-10-20-9-18-11-12(15)16-8-17-13(11)20/h2-3,8-9H,4-7,10,14H2,1H3,(H2,15,16,17)/b3-2-. The lowest BCUT2D eigenvalue weighted by molar-refractivity contribution is 0.0660. The van der Waals surface area contributed by atoms with Gasteiger partial charge in [0.25, 0.3) is 0 Å². The topological polar surface area (TPSA) is 108 Å². The lowest BCUT2D eigenvalue weighted by atomic mass is 10.4. The summed E-state index contributed by atoms with van der Waals surface area (Å²) in [5.74, 6) is 0.380. The summed E-state index contributed by atoms with van der Waals surface area (Å²) in [5.41, 5.74) is 12.4. The second-order valence-electron chi connectivity index (χ2n) is 4.65. The minimum absolute atomic E-state index is 0.380. The molecule has 21 heavy (non-hydrogen) atoms. The molecule has 2 aromatic heterocycles. The highest BCUT2D eigenvalue weighted by atomic mass is 16.5. The molecule has 0 unspecified atom stereocenters. The van der Waals surface area contributed by atoms with E-state index in [-0.39, 0.29) is 0 Å². The zero-order valence-electron chi connectivity index (χ0n) is 12.1. The van der Waals surface area contributed by atoms with Crippen molar-refractivity contribution in [3.63, 3.8) is 0 Å². The Morgan fingerprint density at radius 3 is 3.00 bits per heavy atom. The van der Waals surface area contributed by atoms with Crippen LogP contribution in [-0.2, 0) is 11.5 Å². The average Bonchev–Trinajstić information content (AvgIpc) is 2.89. The minimum atomic E-state index is 0.380. The van der Waals surface area contributed by atoms with E-state index in [9.17, 15) is 0 Å².